The van der Waals surface area contributed by atoms with Crippen molar-refractivity contribution < 1.29 is 27.5 Å². The SMILES string of the molecule is CC(Oc1cccc(F)c1C(N)=NO)C(F)(F)F. The third-order valence-corrected chi connectivity index (χ3v) is 2.10. The first-order valence-corrected chi connectivity index (χ1v) is 4.77. The topological polar surface area (TPSA) is 67.8 Å². The lowest BCUT2D eigenvalue weighted by Gasteiger charge is -2.19. The second-order valence-corrected chi connectivity index (χ2v) is 3.40. The van der Waals surface area contributed by atoms with Gasteiger partial charge < -0.3 is 15.7 Å². The zero-order valence-electron chi connectivity index (χ0n) is 9.20. The fourth-order valence-corrected chi connectivity index (χ4v) is 1.16. The Labute approximate surface area is 99.7 Å². The van der Waals surface area contributed by atoms with Gasteiger partial charge in [0.05, 0.1) is 5.56 Å². The first-order chi connectivity index (χ1) is 8.27. The molecule has 0 amide bonds. The van der Waals surface area contributed by atoms with Crippen LogP contribution in [0, 0.1) is 5.82 Å². The van der Waals surface area contributed by atoms with Gasteiger partial charge in [0.15, 0.2) is 11.9 Å². The molecule has 0 fully saturated rings. The molecule has 0 aliphatic carbocycles. The number of halogens is 4. The van der Waals surface area contributed by atoms with Gasteiger partial charge in [-0.2, -0.15) is 13.2 Å². The summed E-state index contributed by atoms with van der Waals surface area (Å²) in [5.41, 5.74) is 4.66. The third kappa shape index (κ3) is 3.02. The highest BCUT2D eigenvalue weighted by Crippen LogP contribution is 2.28. The summed E-state index contributed by atoms with van der Waals surface area (Å²) in [5, 5.41) is 11.0. The number of oxime groups is 1. The lowest BCUT2D eigenvalue weighted by atomic mass is 10.1. The van der Waals surface area contributed by atoms with Gasteiger partial charge in [0, 0.05) is 0 Å². The largest absolute Gasteiger partial charge is 0.480 e. The minimum absolute atomic E-state index is 0.449. The number of ether oxygens (including phenoxy) is 1. The number of benzene rings is 1. The number of hydrogen-bond acceptors (Lipinski definition) is 3. The first kappa shape index (κ1) is 14.1. The summed E-state index contributed by atoms with van der Waals surface area (Å²) in [6, 6.07) is 3.21. The van der Waals surface area contributed by atoms with Crippen molar-refractivity contribution in [2.75, 3.05) is 0 Å². The average Bonchev–Trinajstić information content (AvgIpc) is 2.27. The van der Waals surface area contributed by atoms with Gasteiger partial charge in [0.25, 0.3) is 0 Å². The predicted molar refractivity (Wildman–Crippen MR) is 55.1 cm³/mol. The summed E-state index contributed by atoms with van der Waals surface area (Å²) < 4.78 is 54.9. The molecule has 0 aliphatic heterocycles. The van der Waals surface area contributed by atoms with Crippen molar-refractivity contribution >= 4 is 5.84 Å². The molecular weight excluding hydrogens is 256 g/mol. The Bertz CT molecular complexity index is 460. The molecule has 0 aromatic heterocycles. The van der Waals surface area contributed by atoms with E-state index >= 15 is 0 Å². The Kier molecular flexibility index (Phi) is 4.00. The van der Waals surface area contributed by atoms with E-state index in [4.69, 9.17) is 10.9 Å². The van der Waals surface area contributed by atoms with Gasteiger partial charge in [-0.05, 0) is 19.1 Å². The van der Waals surface area contributed by atoms with Crippen molar-refractivity contribution in [3.8, 4) is 5.75 Å². The summed E-state index contributed by atoms with van der Waals surface area (Å²) >= 11 is 0. The van der Waals surface area contributed by atoms with E-state index in [9.17, 15) is 17.6 Å². The normalized spacial score (nSPS) is 14.4. The number of amidine groups is 1. The summed E-state index contributed by atoms with van der Waals surface area (Å²) in [7, 11) is 0. The minimum Gasteiger partial charge on any atom is -0.480 e. The molecule has 4 nitrogen and oxygen atoms in total. The Balaban J connectivity index is 3.14. The molecule has 8 heteroatoms. The fourth-order valence-electron chi connectivity index (χ4n) is 1.16. The van der Waals surface area contributed by atoms with Gasteiger partial charge >= 0.3 is 6.18 Å². The predicted octanol–water partition coefficient (Wildman–Crippen LogP) is 2.25. The summed E-state index contributed by atoms with van der Waals surface area (Å²) in [4.78, 5) is 0. The molecule has 1 atom stereocenters. The van der Waals surface area contributed by atoms with Crippen LogP contribution >= 0.6 is 0 Å². The van der Waals surface area contributed by atoms with Crippen molar-refractivity contribution in [3.63, 3.8) is 0 Å². The lowest BCUT2D eigenvalue weighted by Crippen LogP contribution is -2.32. The molecule has 18 heavy (non-hydrogen) atoms. The maximum absolute atomic E-state index is 13.4. The molecule has 3 N–H and O–H groups in total. The van der Waals surface area contributed by atoms with Crippen LogP contribution in [0.15, 0.2) is 23.4 Å². The van der Waals surface area contributed by atoms with Crippen LogP contribution < -0.4 is 10.5 Å². The van der Waals surface area contributed by atoms with Crippen LogP contribution in [0.3, 0.4) is 0 Å². The maximum Gasteiger partial charge on any atom is 0.425 e. The van der Waals surface area contributed by atoms with E-state index in [0.717, 1.165) is 25.1 Å². The summed E-state index contributed by atoms with van der Waals surface area (Å²) in [5.74, 6) is -2.07. The van der Waals surface area contributed by atoms with E-state index in [1.807, 2.05) is 0 Å². The maximum atomic E-state index is 13.4. The van der Waals surface area contributed by atoms with Crippen LogP contribution in [0.2, 0.25) is 0 Å². The van der Waals surface area contributed by atoms with Gasteiger partial charge in [-0.25, -0.2) is 4.39 Å². The molecule has 1 aromatic carbocycles. The van der Waals surface area contributed by atoms with Crippen LogP contribution in [0.4, 0.5) is 17.6 Å². The quantitative estimate of drug-likeness (QED) is 0.290. The van der Waals surface area contributed by atoms with Gasteiger partial charge in [-0.3, -0.25) is 0 Å². The number of nitrogens with zero attached hydrogens (tertiary/aromatic N) is 1. The van der Waals surface area contributed by atoms with Gasteiger partial charge in [-0.15, -0.1) is 0 Å². The molecule has 0 radical (unpaired) electrons. The van der Waals surface area contributed by atoms with Crippen LogP contribution in [0.1, 0.15) is 12.5 Å². The van der Waals surface area contributed by atoms with Gasteiger partial charge in [0.2, 0.25) is 0 Å². The Morgan fingerprint density at radius 3 is 2.56 bits per heavy atom. The average molecular weight is 266 g/mol. The highest BCUT2D eigenvalue weighted by atomic mass is 19.4. The number of rotatable bonds is 3. The molecule has 1 aromatic rings. The van der Waals surface area contributed by atoms with E-state index in [0.29, 0.717) is 0 Å². The summed E-state index contributed by atoms with van der Waals surface area (Å²) in [6.07, 6.45) is -6.75. The minimum atomic E-state index is -4.60. The van der Waals surface area contributed by atoms with E-state index in [-0.39, 0.29) is 0 Å². The molecule has 0 spiro atoms. The van der Waals surface area contributed by atoms with Crippen molar-refractivity contribution in [2.24, 2.45) is 10.9 Å². The molecule has 1 rings (SSSR count). The van der Waals surface area contributed by atoms with Crippen LogP contribution in [0.5, 0.6) is 5.75 Å². The van der Waals surface area contributed by atoms with Gasteiger partial charge in [0.1, 0.15) is 11.6 Å². The molecule has 100 valence electrons. The Hall–Kier alpha value is -1.99. The molecule has 0 saturated heterocycles. The van der Waals surface area contributed by atoms with E-state index in [2.05, 4.69) is 9.89 Å². The number of nitrogens with two attached hydrogens (primary N) is 1. The standard InChI is InChI=1S/C10H10F4N2O2/c1-5(10(12,13)14)18-7-4-2-3-6(11)8(7)9(15)16-17/h2-5,17H,1H3,(H2,15,16). The molecule has 0 aliphatic rings. The molecule has 1 unspecified atom stereocenters. The van der Waals surface area contributed by atoms with Crippen LogP contribution in [-0.4, -0.2) is 23.3 Å². The second-order valence-electron chi connectivity index (χ2n) is 3.40. The fraction of sp³-hybridized carbons (Fsp3) is 0.300. The highest BCUT2D eigenvalue weighted by Gasteiger charge is 2.38. The van der Waals surface area contributed by atoms with E-state index in [1.165, 1.54) is 0 Å². The molecule has 0 heterocycles. The molecule has 0 saturated carbocycles. The third-order valence-electron chi connectivity index (χ3n) is 2.10. The Morgan fingerprint density at radius 1 is 1.44 bits per heavy atom. The zero-order valence-corrected chi connectivity index (χ0v) is 9.20. The molecule has 0 bridgehead atoms. The smallest absolute Gasteiger partial charge is 0.425 e. The van der Waals surface area contributed by atoms with Gasteiger partial charge in [-0.1, -0.05) is 11.2 Å². The van der Waals surface area contributed by atoms with Crippen molar-refractivity contribution in [1.82, 2.24) is 0 Å². The van der Waals surface area contributed by atoms with Crippen LogP contribution in [-0.2, 0) is 0 Å². The van der Waals surface area contributed by atoms with Crippen LogP contribution in [0.25, 0.3) is 0 Å². The van der Waals surface area contributed by atoms with E-state index < -0.39 is 35.2 Å². The zero-order chi connectivity index (χ0) is 13.9. The summed E-state index contributed by atoms with van der Waals surface area (Å²) in [6.45, 7) is 0.765. The van der Waals surface area contributed by atoms with Crippen molar-refractivity contribution in [2.45, 2.75) is 19.2 Å². The van der Waals surface area contributed by atoms with Crippen molar-refractivity contribution in [3.05, 3.63) is 29.6 Å². The van der Waals surface area contributed by atoms with E-state index in [1.54, 1.807) is 0 Å². The Morgan fingerprint density at radius 2 is 2.06 bits per heavy atom. The lowest BCUT2D eigenvalue weighted by molar-refractivity contribution is -0.189. The first-order valence-electron chi connectivity index (χ1n) is 4.77. The van der Waals surface area contributed by atoms with Crippen molar-refractivity contribution in [1.29, 1.82) is 0 Å². The monoisotopic (exact) mass is 266 g/mol. The number of hydrogen-bond donors (Lipinski definition) is 2. The number of alkyl halides is 3. The highest BCUT2D eigenvalue weighted by molar-refractivity contribution is 5.99. The molecular formula is C10H10F4N2O2. The second kappa shape index (κ2) is 5.11.